The second-order valence-corrected chi connectivity index (χ2v) is 9.07. The number of halogens is 5. The summed E-state index contributed by atoms with van der Waals surface area (Å²) < 4.78 is 79.6. The fraction of sp³-hybridized carbons (Fsp3) is 0.316. The van der Waals surface area contributed by atoms with E-state index in [1.54, 1.807) is 0 Å². The number of amides is 1. The maximum atomic E-state index is 14.3. The third kappa shape index (κ3) is 4.76. The Bertz CT molecular complexity index is 1070. The molecule has 162 valence electrons. The van der Waals surface area contributed by atoms with Gasteiger partial charge >= 0.3 is 6.18 Å². The van der Waals surface area contributed by atoms with Gasteiger partial charge in [0.1, 0.15) is 10.7 Å². The molecule has 11 heteroatoms. The Morgan fingerprint density at radius 1 is 1.03 bits per heavy atom. The van der Waals surface area contributed by atoms with Gasteiger partial charge in [-0.05, 0) is 49.2 Å². The Balaban J connectivity index is 1.90. The summed E-state index contributed by atoms with van der Waals surface area (Å²) in [5.41, 5.74) is -1.56. The molecule has 0 radical (unpaired) electrons. The molecule has 2 aromatic rings. The lowest BCUT2D eigenvalue weighted by molar-refractivity contribution is -0.137. The fourth-order valence-corrected chi connectivity index (χ4v) is 4.85. The highest BCUT2D eigenvalue weighted by molar-refractivity contribution is 7.89. The van der Waals surface area contributed by atoms with Gasteiger partial charge in [-0.2, -0.15) is 17.5 Å². The summed E-state index contributed by atoms with van der Waals surface area (Å²) in [4.78, 5) is 11.9. The third-order valence-electron chi connectivity index (χ3n) is 4.67. The molecule has 30 heavy (non-hydrogen) atoms. The molecular formula is C19H17ClF4N2O3S. The first kappa shape index (κ1) is 22.5. The van der Waals surface area contributed by atoms with Crippen molar-refractivity contribution in [1.82, 2.24) is 4.31 Å². The van der Waals surface area contributed by atoms with Crippen LogP contribution in [0.3, 0.4) is 0 Å². The van der Waals surface area contributed by atoms with E-state index in [1.807, 2.05) is 0 Å². The number of anilines is 1. The van der Waals surface area contributed by atoms with E-state index in [9.17, 15) is 30.8 Å². The molecule has 1 aliphatic rings. The van der Waals surface area contributed by atoms with Crippen molar-refractivity contribution in [1.29, 1.82) is 0 Å². The maximum Gasteiger partial charge on any atom is 0.416 e. The van der Waals surface area contributed by atoms with Gasteiger partial charge < -0.3 is 5.32 Å². The second kappa shape index (κ2) is 8.52. The van der Waals surface area contributed by atoms with E-state index < -0.39 is 38.4 Å². The first-order valence-electron chi connectivity index (χ1n) is 8.98. The molecule has 1 amide bonds. The number of hydrogen-bond donors (Lipinski definition) is 1. The zero-order valence-electron chi connectivity index (χ0n) is 15.5. The van der Waals surface area contributed by atoms with Crippen LogP contribution in [0.4, 0.5) is 23.2 Å². The Hall–Kier alpha value is -2.17. The molecule has 2 aromatic carbocycles. The lowest BCUT2D eigenvalue weighted by Gasteiger charge is -2.26. The van der Waals surface area contributed by atoms with E-state index in [-0.39, 0.29) is 29.4 Å². The zero-order valence-corrected chi connectivity index (χ0v) is 17.0. The van der Waals surface area contributed by atoms with Crippen LogP contribution in [0.5, 0.6) is 0 Å². The van der Waals surface area contributed by atoms with Crippen molar-refractivity contribution in [2.45, 2.75) is 30.3 Å². The second-order valence-electron chi connectivity index (χ2n) is 6.76. The highest BCUT2D eigenvalue weighted by Crippen LogP contribution is 2.34. The molecule has 3 rings (SSSR count). The summed E-state index contributed by atoms with van der Waals surface area (Å²) in [5.74, 6) is -1.94. The monoisotopic (exact) mass is 464 g/mol. The molecule has 0 aliphatic carbocycles. The molecule has 0 unspecified atom stereocenters. The van der Waals surface area contributed by atoms with E-state index in [1.165, 1.54) is 0 Å². The van der Waals surface area contributed by atoms with Crippen LogP contribution in [0, 0.1) is 5.82 Å². The first-order chi connectivity index (χ1) is 14.0. The summed E-state index contributed by atoms with van der Waals surface area (Å²) in [6.07, 6.45) is -2.48. The SMILES string of the molecule is O=C(Nc1cc(C(F)(F)F)ccc1Cl)c1ccc(F)c(S(=O)(=O)N2CCCCC2)c1. The number of carbonyl (C=O) groups is 1. The van der Waals surface area contributed by atoms with Crippen molar-refractivity contribution in [3.8, 4) is 0 Å². The van der Waals surface area contributed by atoms with Gasteiger partial charge in [0.25, 0.3) is 5.91 Å². The maximum absolute atomic E-state index is 14.3. The van der Waals surface area contributed by atoms with E-state index in [4.69, 9.17) is 11.6 Å². The van der Waals surface area contributed by atoms with Crippen LogP contribution in [-0.4, -0.2) is 31.7 Å². The summed E-state index contributed by atoms with van der Waals surface area (Å²) in [5, 5.41) is 2.08. The number of carbonyl (C=O) groups excluding carboxylic acids is 1. The highest BCUT2D eigenvalue weighted by atomic mass is 35.5. The van der Waals surface area contributed by atoms with E-state index in [2.05, 4.69) is 5.32 Å². The number of piperidine rings is 1. The Kier molecular flexibility index (Phi) is 6.40. The molecule has 1 heterocycles. The topological polar surface area (TPSA) is 66.5 Å². The third-order valence-corrected chi connectivity index (χ3v) is 6.91. The smallest absolute Gasteiger partial charge is 0.321 e. The van der Waals surface area contributed by atoms with Gasteiger partial charge in [-0.3, -0.25) is 4.79 Å². The van der Waals surface area contributed by atoms with Gasteiger partial charge in [-0.15, -0.1) is 0 Å². The molecule has 0 spiro atoms. The van der Waals surface area contributed by atoms with Gasteiger partial charge in [-0.25, -0.2) is 12.8 Å². The van der Waals surface area contributed by atoms with Crippen LogP contribution in [-0.2, 0) is 16.2 Å². The van der Waals surface area contributed by atoms with Crippen LogP contribution < -0.4 is 5.32 Å². The van der Waals surface area contributed by atoms with Crippen molar-refractivity contribution in [2.75, 3.05) is 18.4 Å². The average Bonchev–Trinajstić information content (AvgIpc) is 2.69. The van der Waals surface area contributed by atoms with Crippen molar-refractivity contribution in [3.63, 3.8) is 0 Å². The van der Waals surface area contributed by atoms with Crippen molar-refractivity contribution in [2.24, 2.45) is 0 Å². The Morgan fingerprint density at radius 2 is 1.70 bits per heavy atom. The van der Waals surface area contributed by atoms with E-state index in [0.717, 1.165) is 41.1 Å². The predicted molar refractivity (Wildman–Crippen MR) is 103 cm³/mol. The molecule has 5 nitrogen and oxygen atoms in total. The molecule has 0 atom stereocenters. The van der Waals surface area contributed by atoms with Crippen molar-refractivity contribution < 1.29 is 30.8 Å². The fourth-order valence-electron chi connectivity index (χ4n) is 3.08. The summed E-state index contributed by atoms with van der Waals surface area (Å²) in [7, 11) is -4.15. The van der Waals surface area contributed by atoms with Crippen LogP contribution in [0.25, 0.3) is 0 Å². The average molecular weight is 465 g/mol. The minimum absolute atomic E-state index is 0.139. The minimum Gasteiger partial charge on any atom is -0.321 e. The predicted octanol–water partition coefficient (Wildman–Crippen LogP) is 4.92. The number of hydrogen-bond acceptors (Lipinski definition) is 3. The lowest BCUT2D eigenvalue weighted by atomic mass is 10.1. The number of alkyl halides is 3. The molecule has 1 N–H and O–H groups in total. The number of rotatable bonds is 4. The lowest BCUT2D eigenvalue weighted by Crippen LogP contribution is -2.36. The van der Waals surface area contributed by atoms with Gasteiger partial charge in [0, 0.05) is 18.7 Å². The van der Waals surface area contributed by atoms with Crippen molar-refractivity contribution in [3.05, 3.63) is 58.4 Å². The van der Waals surface area contributed by atoms with E-state index >= 15 is 0 Å². The molecule has 0 aromatic heterocycles. The quantitative estimate of drug-likeness (QED) is 0.653. The minimum atomic E-state index is -4.64. The number of nitrogens with zero attached hydrogens (tertiary/aromatic N) is 1. The Labute approximate surface area is 175 Å². The molecule has 1 saturated heterocycles. The van der Waals surface area contributed by atoms with E-state index in [0.29, 0.717) is 18.9 Å². The van der Waals surface area contributed by atoms with Crippen LogP contribution >= 0.6 is 11.6 Å². The molecule has 1 aliphatic heterocycles. The standard InChI is InChI=1S/C19H17ClF4N2O3S/c20-14-6-5-13(19(22,23)24)11-16(14)25-18(27)12-4-7-15(21)17(10-12)30(28,29)26-8-2-1-3-9-26/h4-7,10-11H,1-3,8-9H2,(H,25,27). The molecule has 0 bridgehead atoms. The van der Waals surface area contributed by atoms with Gasteiger partial charge in [-0.1, -0.05) is 18.0 Å². The summed E-state index contributed by atoms with van der Waals surface area (Å²) in [6, 6.07) is 5.15. The van der Waals surface area contributed by atoms with Crippen molar-refractivity contribution >= 4 is 33.2 Å². The first-order valence-corrected chi connectivity index (χ1v) is 10.8. The molecular weight excluding hydrogens is 448 g/mol. The molecule has 0 saturated carbocycles. The highest BCUT2D eigenvalue weighted by Gasteiger charge is 2.32. The Morgan fingerprint density at radius 3 is 2.33 bits per heavy atom. The van der Waals surface area contributed by atoms with Crippen LogP contribution in [0.15, 0.2) is 41.3 Å². The van der Waals surface area contributed by atoms with Gasteiger partial charge in [0.05, 0.1) is 16.3 Å². The van der Waals surface area contributed by atoms with Gasteiger partial charge in [0.15, 0.2) is 0 Å². The normalized spacial score (nSPS) is 15.8. The number of nitrogens with one attached hydrogen (secondary N) is 1. The molecule has 1 fully saturated rings. The van der Waals surface area contributed by atoms with Gasteiger partial charge in [0.2, 0.25) is 10.0 Å². The summed E-state index contributed by atoms with van der Waals surface area (Å²) >= 11 is 5.86. The number of sulfonamides is 1. The number of benzene rings is 2. The largest absolute Gasteiger partial charge is 0.416 e. The summed E-state index contributed by atoms with van der Waals surface area (Å²) in [6.45, 7) is 0.496. The van der Waals surface area contributed by atoms with Crippen LogP contribution in [0.1, 0.15) is 35.2 Å². The van der Waals surface area contributed by atoms with Crippen LogP contribution in [0.2, 0.25) is 5.02 Å². The zero-order chi connectivity index (χ0) is 22.1.